The Balaban J connectivity index is 1.99. The maximum atomic E-state index is 12.3. The third kappa shape index (κ3) is 3.04. The first-order chi connectivity index (χ1) is 9.45. The highest BCUT2D eigenvalue weighted by Gasteiger charge is 2.40. The second kappa shape index (κ2) is 5.97. The number of carbonyl (C=O) groups is 1. The van der Waals surface area contributed by atoms with Crippen LogP contribution in [-0.4, -0.2) is 37.6 Å². The molecule has 0 bridgehead atoms. The topological polar surface area (TPSA) is 54.5 Å². The van der Waals surface area contributed by atoms with Crippen LogP contribution in [0.3, 0.4) is 0 Å². The smallest absolute Gasteiger partial charge is 0.222 e. The first-order valence-corrected chi connectivity index (χ1v) is 8.25. The molecule has 0 spiro atoms. The number of likely N-dealkylation sites (tertiary alicyclic amines) is 1. The Morgan fingerprint density at radius 2 is 1.95 bits per heavy atom. The molecule has 4 nitrogen and oxygen atoms in total. The average Bonchev–Trinajstić information content (AvgIpc) is 2.34. The molecule has 0 saturated carbocycles. The summed E-state index contributed by atoms with van der Waals surface area (Å²) in [4.78, 5) is 13.5. The van der Waals surface area contributed by atoms with E-state index >= 15 is 0 Å². The maximum absolute atomic E-state index is 12.3. The molecule has 20 heavy (non-hydrogen) atoms. The van der Waals surface area contributed by atoms with Crippen molar-refractivity contribution < 1.29 is 13.2 Å². The van der Waals surface area contributed by atoms with Crippen molar-refractivity contribution in [3.63, 3.8) is 0 Å². The molecule has 1 saturated heterocycles. The van der Waals surface area contributed by atoms with Gasteiger partial charge in [0.1, 0.15) is 5.25 Å². The normalized spacial score (nSPS) is 15.8. The van der Waals surface area contributed by atoms with Gasteiger partial charge in [0, 0.05) is 24.5 Å². The fraction of sp³-hybridized carbons (Fsp3) is 0.357. The van der Waals surface area contributed by atoms with Crippen molar-refractivity contribution in [3.05, 3.63) is 41.9 Å². The fourth-order valence-electron chi connectivity index (χ4n) is 2.04. The van der Waals surface area contributed by atoms with Crippen LogP contribution in [0.25, 0.3) is 0 Å². The summed E-state index contributed by atoms with van der Waals surface area (Å²) in [5, 5.41) is -0.0184. The summed E-state index contributed by atoms with van der Waals surface area (Å²) < 4.78 is 24.6. The van der Waals surface area contributed by atoms with Crippen molar-refractivity contribution in [1.82, 2.24) is 4.90 Å². The number of carbonyl (C=O) groups excluding carboxylic acids is 1. The number of rotatable bonds is 5. The number of amides is 1. The molecule has 0 aliphatic carbocycles. The molecule has 1 aliphatic heterocycles. The molecule has 1 heterocycles. The molecule has 0 N–H and O–H groups in total. The Labute approximate surface area is 124 Å². The minimum atomic E-state index is -3.38. The van der Waals surface area contributed by atoms with Gasteiger partial charge in [0.05, 0.1) is 4.90 Å². The fourth-order valence-corrected chi connectivity index (χ4v) is 3.82. The van der Waals surface area contributed by atoms with Gasteiger partial charge >= 0.3 is 0 Å². The summed E-state index contributed by atoms with van der Waals surface area (Å²) in [7, 11) is -3.38. The Morgan fingerprint density at radius 3 is 2.50 bits per heavy atom. The number of sulfone groups is 1. The molecule has 1 aliphatic rings. The van der Waals surface area contributed by atoms with E-state index in [1.165, 1.54) is 12.1 Å². The lowest BCUT2D eigenvalue weighted by atomic mass is 10.2. The van der Waals surface area contributed by atoms with Gasteiger partial charge in [-0.2, -0.15) is 0 Å². The molecule has 2 rings (SSSR count). The van der Waals surface area contributed by atoms with Gasteiger partial charge in [0.25, 0.3) is 0 Å². The van der Waals surface area contributed by atoms with Crippen LogP contribution in [0.5, 0.6) is 0 Å². The van der Waals surface area contributed by atoms with Gasteiger partial charge in [-0.3, -0.25) is 4.79 Å². The lowest BCUT2D eigenvalue weighted by molar-refractivity contribution is -0.134. The zero-order chi connectivity index (χ0) is 14.8. The molecule has 0 radical (unpaired) electrons. The van der Waals surface area contributed by atoms with Gasteiger partial charge in [0.2, 0.25) is 5.91 Å². The van der Waals surface area contributed by atoms with Crippen LogP contribution in [0.1, 0.15) is 12.8 Å². The molecular formula is C14H16ClNO3S. The molecule has 0 aromatic heterocycles. The van der Waals surface area contributed by atoms with E-state index in [0.717, 1.165) is 0 Å². The molecule has 0 unspecified atom stereocenters. The van der Waals surface area contributed by atoms with Crippen molar-refractivity contribution in [2.24, 2.45) is 0 Å². The first kappa shape index (κ1) is 15.1. The molecule has 1 amide bonds. The summed E-state index contributed by atoms with van der Waals surface area (Å²) in [5.41, 5.74) is 0. The van der Waals surface area contributed by atoms with Crippen LogP contribution in [0.4, 0.5) is 0 Å². The SMILES string of the molecule is C=CCCC(=O)N1CC(S(=O)(=O)c2ccc(Cl)cc2)C1. The Kier molecular flexibility index (Phi) is 4.50. The monoisotopic (exact) mass is 313 g/mol. The second-order valence-electron chi connectivity index (χ2n) is 4.75. The predicted octanol–water partition coefficient (Wildman–Crippen LogP) is 2.29. The van der Waals surface area contributed by atoms with Gasteiger partial charge < -0.3 is 4.90 Å². The zero-order valence-corrected chi connectivity index (χ0v) is 12.5. The third-order valence-corrected chi connectivity index (χ3v) is 5.70. The van der Waals surface area contributed by atoms with Gasteiger partial charge in [-0.1, -0.05) is 17.7 Å². The highest BCUT2D eigenvalue weighted by Crippen LogP contribution is 2.25. The first-order valence-electron chi connectivity index (χ1n) is 6.33. The van der Waals surface area contributed by atoms with Crippen LogP contribution in [0.2, 0.25) is 5.02 Å². The molecule has 6 heteroatoms. The molecule has 1 aromatic rings. The van der Waals surface area contributed by atoms with Crippen molar-refractivity contribution in [3.8, 4) is 0 Å². The van der Waals surface area contributed by atoms with E-state index < -0.39 is 15.1 Å². The van der Waals surface area contributed by atoms with E-state index in [-0.39, 0.29) is 23.9 Å². The largest absolute Gasteiger partial charge is 0.340 e. The van der Waals surface area contributed by atoms with Crippen LogP contribution < -0.4 is 0 Å². The van der Waals surface area contributed by atoms with Crippen molar-refractivity contribution in [1.29, 1.82) is 0 Å². The maximum Gasteiger partial charge on any atom is 0.222 e. The van der Waals surface area contributed by atoms with Crippen LogP contribution in [0, 0.1) is 0 Å². The lowest BCUT2D eigenvalue weighted by Gasteiger charge is -2.38. The van der Waals surface area contributed by atoms with Gasteiger partial charge in [-0.15, -0.1) is 6.58 Å². The van der Waals surface area contributed by atoms with Crippen molar-refractivity contribution in [2.45, 2.75) is 23.0 Å². The highest BCUT2D eigenvalue weighted by molar-refractivity contribution is 7.92. The Hall–Kier alpha value is -1.33. The molecule has 108 valence electrons. The van der Waals surface area contributed by atoms with E-state index in [4.69, 9.17) is 11.6 Å². The van der Waals surface area contributed by atoms with E-state index in [9.17, 15) is 13.2 Å². The van der Waals surface area contributed by atoms with Crippen LogP contribution >= 0.6 is 11.6 Å². The van der Waals surface area contributed by atoms with Crippen molar-refractivity contribution >= 4 is 27.3 Å². The quantitative estimate of drug-likeness (QED) is 0.784. The number of allylic oxidation sites excluding steroid dienone is 1. The van der Waals surface area contributed by atoms with Crippen LogP contribution in [-0.2, 0) is 14.6 Å². The zero-order valence-electron chi connectivity index (χ0n) is 11.0. The predicted molar refractivity (Wildman–Crippen MR) is 78.4 cm³/mol. The minimum Gasteiger partial charge on any atom is -0.340 e. The summed E-state index contributed by atoms with van der Waals surface area (Å²) in [5.74, 6) is -0.0209. The Morgan fingerprint density at radius 1 is 1.35 bits per heavy atom. The van der Waals surface area contributed by atoms with Crippen LogP contribution in [0.15, 0.2) is 41.8 Å². The van der Waals surface area contributed by atoms with E-state index in [0.29, 0.717) is 17.9 Å². The van der Waals surface area contributed by atoms with Gasteiger partial charge in [-0.25, -0.2) is 8.42 Å². The second-order valence-corrected chi connectivity index (χ2v) is 7.41. The van der Waals surface area contributed by atoms with E-state index in [1.807, 2.05) is 0 Å². The number of halogens is 1. The summed E-state index contributed by atoms with van der Waals surface area (Å²) >= 11 is 5.75. The standard InChI is InChI=1S/C14H16ClNO3S/c1-2-3-4-14(17)16-9-13(10-16)20(18,19)12-7-5-11(15)6-8-12/h2,5-8,13H,1,3-4,9-10H2. The average molecular weight is 314 g/mol. The summed E-state index contributed by atoms with van der Waals surface area (Å²) in [6.07, 6.45) is 2.68. The summed E-state index contributed by atoms with van der Waals surface area (Å²) in [6, 6.07) is 6.11. The van der Waals surface area contributed by atoms with Gasteiger partial charge in [0.15, 0.2) is 9.84 Å². The Bertz CT molecular complexity index is 604. The van der Waals surface area contributed by atoms with Crippen molar-refractivity contribution in [2.75, 3.05) is 13.1 Å². The third-order valence-electron chi connectivity index (χ3n) is 3.34. The molecule has 1 aromatic carbocycles. The number of hydrogen-bond acceptors (Lipinski definition) is 3. The molecule has 1 fully saturated rings. The number of benzene rings is 1. The molecular weight excluding hydrogens is 298 g/mol. The lowest BCUT2D eigenvalue weighted by Crippen LogP contribution is -2.56. The van der Waals surface area contributed by atoms with Gasteiger partial charge in [-0.05, 0) is 30.7 Å². The molecule has 0 atom stereocenters. The number of nitrogens with zero attached hydrogens (tertiary/aromatic N) is 1. The minimum absolute atomic E-state index is 0.0209. The van der Waals surface area contributed by atoms with E-state index in [1.54, 1.807) is 23.1 Å². The number of hydrogen-bond donors (Lipinski definition) is 0. The van der Waals surface area contributed by atoms with E-state index in [2.05, 4.69) is 6.58 Å². The summed E-state index contributed by atoms with van der Waals surface area (Å²) in [6.45, 7) is 4.09. The highest BCUT2D eigenvalue weighted by atomic mass is 35.5.